The number of benzene rings is 1. The second-order valence-corrected chi connectivity index (χ2v) is 6.38. The van der Waals surface area contributed by atoms with Crippen LogP contribution in [0.4, 0.5) is 5.69 Å². The molecule has 2 amide bonds. The van der Waals surface area contributed by atoms with Gasteiger partial charge in [-0.15, -0.1) is 0 Å². The number of amides is 2. The number of esters is 1. The second-order valence-electron chi connectivity index (χ2n) is 5.34. The van der Waals surface area contributed by atoms with Crippen LogP contribution in [0.1, 0.15) is 37.6 Å². The smallest absolute Gasteiger partial charge is 0.319 e. The topological polar surface area (TPSA) is 75.7 Å². The fourth-order valence-electron chi connectivity index (χ4n) is 2.25. The number of nitrogens with zero attached hydrogens (tertiary/aromatic N) is 1. The van der Waals surface area contributed by atoms with Crippen molar-refractivity contribution >= 4 is 35.2 Å². The van der Waals surface area contributed by atoms with Crippen molar-refractivity contribution in [3.8, 4) is 0 Å². The number of hydrogen-bond acceptors (Lipinski definition) is 5. The van der Waals surface area contributed by atoms with Gasteiger partial charge in [-0.1, -0.05) is 6.92 Å². The van der Waals surface area contributed by atoms with Crippen molar-refractivity contribution < 1.29 is 19.1 Å². The molecule has 0 heterocycles. The van der Waals surface area contributed by atoms with Crippen molar-refractivity contribution in [3.05, 3.63) is 29.8 Å². The lowest BCUT2D eigenvalue weighted by Gasteiger charge is -2.18. The molecule has 1 rings (SSSR count). The highest BCUT2D eigenvalue weighted by Gasteiger charge is 2.18. The van der Waals surface area contributed by atoms with Crippen LogP contribution in [0.15, 0.2) is 24.3 Å². The number of ether oxygens (including phenoxy) is 1. The molecule has 0 radical (unpaired) electrons. The summed E-state index contributed by atoms with van der Waals surface area (Å²) in [5.74, 6) is -0.836. The van der Waals surface area contributed by atoms with Crippen molar-refractivity contribution in [1.29, 1.82) is 0 Å². The van der Waals surface area contributed by atoms with E-state index < -0.39 is 5.91 Å². The third kappa shape index (κ3) is 6.42. The van der Waals surface area contributed by atoms with E-state index in [0.29, 0.717) is 30.8 Å². The average molecular weight is 366 g/mol. The predicted molar refractivity (Wildman–Crippen MR) is 101 cm³/mol. The summed E-state index contributed by atoms with van der Waals surface area (Å²) in [6.45, 7) is 6.72. The lowest BCUT2D eigenvalue weighted by atomic mass is 10.2. The zero-order valence-corrected chi connectivity index (χ0v) is 16.0. The fourth-order valence-corrected chi connectivity index (χ4v) is 2.84. The Morgan fingerprint density at radius 1 is 1.12 bits per heavy atom. The highest BCUT2D eigenvalue weighted by molar-refractivity contribution is 7.99. The first-order valence-corrected chi connectivity index (χ1v) is 9.64. The Morgan fingerprint density at radius 3 is 2.20 bits per heavy atom. The SMILES string of the molecule is CC[C@H](SC)C(=O)OCC(=O)Nc1ccc(C(=O)N(CC)CC)cc1. The Bertz CT molecular complexity index is 581. The molecule has 0 saturated heterocycles. The molecule has 0 aromatic heterocycles. The summed E-state index contributed by atoms with van der Waals surface area (Å²) in [4.78, 5) is 37.5. The van der Waals surface area contributed by atoms with E-state index in [0.717, 1.165) is 0 Å². The fraction of sp³-hybridized carbons (Fsp3) is 0.500. The van der Waals surface area contributed by atoms with Crippen LogP contribution < -0.4 is 5.32 Å². The van der Waals surface area contributed by atoms with E-state index in [-0.39, 0.29) is 23.7 Å². The zero-order valence-electron chi connectivity index (χ0n) is 15.2. The summed E-state index contributed by atoms with van der Waals surface area (Å²) < 4.78 is 5.01. The van der Waals surface area contributed by atoms with Crippen LogP contribution in [0.25, 0.3) is 0 Å². The molecule has 7 heteroatoms. The van der Waals surface area contributed by atoms with Crippen LogP contribution in [0.2, 0.25) is 0 Å². The summed E-state index contributed by atoms with van der Waals surface area (Å²) in [6, 6.07) is 6.66. The van der Waals surface area contributed by atoms with Gasteiger partial charge in [0.25, 0.3) is 11.8 Å². The van der Waals surface area contributed by atoms with E-state index in [4.69, 9.17) is 4.74 Å². The van der Waals surface area contributed by atoms with Crippen molar-refractivity contribution in [3.63, 3.8) is 0 Å². The van der Waals surface area contributed by atoms with Crippen LogP contribution in [0.3, 0.4) is 0 Å². The Labute approximate surface area is 153 Å². The number of carbonyl (C=O) groups excluding carboxylic acids is 3. The van der Waals surface area contributed by atoms with Gasteiger partial charge in [0.1, 0.15) is 5.25 Å². The van der Waals surface area contributed by atoms with Crippen molar-refractivity contribution in [1.82, 2.24) is 4.90 Å². The Hall–Kier alpha value is -2.02. The van der Waals surface area contributed by atoms with Gasteiger partial charge in [0.05, 0.1) is 0 Å². The molecular weight excluding hydrogens is 340 g/mol. The van der Waals surface area contributed by atoms with E-state index in [9.17, 15) is 14.4 Å². The van der Waals surface area contributed by atoms with Gasteiger partial charge < -0.3 is 15.0 Å². The molecule has 0 aliphatic heterocycles. The first-order valence-electron chi connectivity index (χ1n) is 8.35. The van der Waals surface area contributed by atoms with Crippen molar-refractivity contribution in [2.45, 2.75) is 32.4 Å². The summed E-state index contributed by atoms with van der Waals surface area (Å²) in [5.41, 5.74) is 1.12. The van der Waals surface area contributed by atoms with Crippen LogP contribution in [0.5, 0.6) is 0 Å². The maximum Gasteiger partial charge on any atom is 0.319 e. The average Bonchev–Trinajstić information content (AvgIpc) is 2.62. The van der Waals surface area contributed by atoms with Crippen LogP contribution in [-0.4, -0.2) is 53.9 Å². The number of rotatable bonds is 9. The largest absolute Gasteiger partial charge is 0.455 e. The summed E-state index contributed by atoms with van der Waals surface area (Å²) in [6.07, 6.45) is 2.49. The van der Waals surface area contributed by atoms with Gasteiger partial charge in [0.15, 0.2) is 6.61 Å². The third-order valence-corrected chi connectivity index (χ3v) is 4.82. The first-order chi connectivity index (χ1) is 12.0. The molecule has 1 aromatic carbocycles. The molecule has 138 valence electrons. The van der Waals surface area contributed by atoms with Gasteiger partial charge in [-0.25, -0.2) is 0 Å². The number of hydrogen-bond donors (Lipinski definition) is 1. The minimum atomic E-state index is -0.410. The monoisotopic (exact) mass is 366 g/mol. The quantitative estimate of drug-likeness (QED) is 0.680. The molecule has 1 aromatic rings. The molecule has 0 fully saturated rings. The van der Waals surface area contributed by atoms with Crippen molar-refractivity contribution in [2.75, 3.05) is 31.3 Å². The highest BCUT2D eigenvalue weighted by Crippen LogP contribution is 2.13. The normalized spacial score (nSPS) is 11.5. The standard InChI is InChI=1S/C18H26N2O4S/c1-5-15(25-4)18(23)24-12-16(21)19-14-10-8-13(9-11-14)17(22)20(6-2)7-3/h8-11,15H,5-7,12H2,1-4H3,(H,19,21)/t15-/m0/s1. The molecule has 1 N–H and O–H groups in total. The number of thioether (sulfide) groups is 1. The summed E-state index contributed by atoms with van der Waals surface area (Å²) in [5, 5.41) is 2.40. The zero-order chi connectivity index (χ0) is 18.8. The molecule has 0 aliphatic rings. The molecule has 0 spiro atoms. The molecule has 0 saturated carbocycles. The van der Waals surface area contributed by atoms with Crippen molar-refractivity contribution in [2.24, 2.45) is 0 Å². The molecular formula is C18H26N2O4S. The van der Waals surface area contributed by atoms with Crippen LogP contribution >= 0.6 is 11.8 Å². The molecule has 6 nitrogen and oxygen atoms in total. The maximum atomic E-state index is 12.2. The molecule has 0 unspecified atom stereocenters. The van der Waals surface area contributed by atoms with Gasteiger partial charge in [-0.2, -0.15) is 11.8 Å². The van der Waals surface area contributed by atoms with Crippen LogP contribution in [0, 0.1) is 0 Å². The summed E-state index contributed by atoms with van der Waals surface area (Å²) in [7, 11) is 0. The lowest BCUT2D eigenvalue weighted by Crippen LogP contribution is -2.30. The predicted octanol–water partition coefficient (Wildman–Crippen LogP) is 2.79. The molecule has 0 bridgehead atoms. The molecule has 25 heavy (non-hydrogen) atoms. The van der Waals surface area contributed by atoms with Crippen LogP contribution in [-0.2, 0) is 14.3 Å². The van der Waals surface area contributed by atoms with Gasteiger partial charge in [-0.05, 0) is 50.8 Å². The minimum absolute atomic E-state index is 0.0421. The second kappa shape index (κ2) is 10.8. The van der Waals surface area contributed by atoms with Gasteiger partial charge in [-0.3, -0.25) is 14.4 Å². The number of carbonyl (C=O) groups is 3. The molecule has 0 aliphatic carbocycles. The van der Waals surface area contributed by atoms with E-state index in [1.165, 1.54) is 11.8 Å². The lowest BCUT2D eigenvalue weighted by molar-refractivity contribution is -0.146. The number of anilines is 1. The highest BCUT2D eigenvalue weighted by atomic mass is 32.2. The van der Waals surface area contributed by atoms with Gasteiger partial charge >= 0.3 is 5.97 Å². The van der Waals surface area contributed by atoms with Gasteiger partial charge in [0, 0.05) is 24.3 Å². The Morgan fingerprint density at radius 2 is 1.72 bits per heavy atom. The van der Waals surface area contributed by atoms with E-state index >= 15 is 0 Å². The first kappa shape index (κ1) is 21.0. The third-order valence-electron chi connectivity index (χ3n) is 3.73. The summed E-state index contributed by atoms with van der Waals surface area (Å²) >= 11 is 1.40. The van der Waals surface area contributed by atoms with E-state index in [1.807, 2.05) is 27.0 Å². The van der Waals surface area contributed by atoms with E-state index in [2.05, 4.69) is 5.32 Å². The molecule has 1 atom stereocenters. The number of nitrogens with one attached hydrogen (secondary N) is 1. The Kier molecular flexibility index (Phi) is 9.05. The van der Waals surface area contributed by atoms with E-state index in [1.54, 1.807) is 29.2 Å². The maximum absolute atomic E-state index is 12.2. The van der Waals surface area contributed by atoms with Gasteiger partial charge in [0.2, 0.25) is 0 Å². The Balaban J connectivity index is 2.56. The minimum Gasteiger partial charge on any atom is -0.455 e.